The number of carboxylic acids is 1. The van der Waals surface area contributed by atoms with Gasteiger partial charge in [0, 0.05) is 22.4 Å². The van der Waals surface area contributed by atoms with Crippen LogP contribution in [0.25, 0.3) is 27.7 Å². The zero-order chi connectivity index (χ0) is 27.7. The fourth-order valence-electron chi connectivity index (χ4n) is 4.83. The number of carbonyl (C=O) groups is 1. The quantitative estimate of drug-likeness (QED) is 0.225. The van der Waals surface area contributed by atoms with Crippen LogP contribution < -0.4 is 4.74 Å². The van der Waals surface area contributed by atoms with Crippen LogP contribution in [0.5, 0.6) is 5.75 Å². The standard InChI is InChI=1S/C32H27F2NO4/c1-32(2,19-36)30-27(21-8-10-22(11-9-21)31(37)38)28-26(35(30)24-14-12-23(33)13-15-24)17-16-25(34)29(28)39-18-20-6-4-3-5-7-20/h3-17,36H,18-19H2,1-2H3,(H,37,38). The van der Waals surface area contributed by atoms with Crippen molar-refractivity contribution in [1.29, 1.82) is 0 Å². The van der Waals surface area contributed by atoms with Gasteiger partial charge in [0.2, 0.25) is 0 Å². The molecule has 4 aromatic carbocycles. The molecule has 0 aliphatic heterocycles. The number of ether oxygens (including phenoxy) is 1. The summed E-state index contributed by atoms with van der Waals surface area (Å²) < 4.78 is 37.5. The molecular formula is C32H27F2NO4. The van der Waals surface area contributed by atoms with Gasteiger partial charge < -0.3 is 19.5 Å². The molecule has 1 aromatic heterocycles. The van der Waals surface area contributed by atoms with Crippen molar-refractivity contribution in [2.75, 3.05) is 6.61 Å². The normalized spacial score (nSPS) is 11.6. The Hall–Kier alpha value is -4.49. The first-order chi connectivity index (χ1) is 18.7. The molecule has 0 amide bonds. The third-order valence-corrected chi connectivity index (χ3v) is 6.81. The van der Waals surface area contributed by atoms with E-state index < -0.39 is 23.0 Å². The third kappa shape index (κ3) is 4.89. The number of rotatable bonds is 8. The predicted molar refractivity (Wildman–Crippen MR) is 146 cm³/mol. The van der Waals surface area contributed by atoms with Crippen LogP contribution >= 0.6 is 0 Å². The van der Waals surface area contributed by atoms with Gasteiger partial charge in [0.05, 0.1) is 23.1 Å². The van der Waals surface area contributed by atoms with Gasteiger partial charge in [-0.3, -0.25) is 0 Å². The molecule has 1 heterocycles. The Bertz CT molecular complexity index is 1640. The smallest absolute Gasteiger partial charge is 0.335 e. The first kappa shape index (κ1) is 26.1. The zero-order valence-corrected chi connectivity index (χ0v) is 21.5. The topological polar surface area (TPSA) is 71.7 Å². The monoisotopic (exact) mass is 527 g/mol. The number of aromatic nitrogens is 1. The van der Waals surface area contributed by atoms with Crippen molar-refractivity contribution < 1.29 is 28.5 Å². The molecule has 39 heavy (non-hydrogen) atoms. The van der Waals surface area contributed by atoms with Crippen LogP contribution in [0.1, 0.15) is 35.5 Å². The molecule has 0 atom stereocenters. The Morgan fingerprint density at radius 3 is 2.18 bits per heavy atom. The van der Waals surface area contributed by atoms with Crippen molar-refractivity contribution in [3.8, 4) is 22.6 Å². The highest BCUT2D eigenvalue weighted by molar-refractivity contribution is 6.04. The largest absolute Gasteiger partial charge is 0.485 e. The minimum atomic E-state index is -1.07. The number of carboxylic acid groups (broad SMARTS) is 1. The lowest BCUT2D eigenvalue weighted by Gasteiger charge is -2.27. The molecule has 0 fully saturated rings. The molecule has 5 rings (SSSR count). The average Bonchev–Trinajstić information content (AvgIpc) is 3.29. The Kier molecular flexibility index (Phi) is 6.93. The molecular weight excluding hydrogens is 500 g/mol. The van der Waals surface area contributed by atoms with Crippen LogP contribution in [0.2, 0.25) is 0 Å². The van der Waals surface area contributed by atoms with Gasteiger partial charge >= 0.3 is 5.97 Å². The molecule has 7 heteroatoms. The van der Waals surface area contributed by atoms with Gasteiger partial charge in [0.1, 0.15) is 12.4 Å². The maximum Gasteiger partial charge on any atom is 0.335 e. The maximum atomic E-state index is 15.6. The number of aliphatic hydroxyl groups is 1. The predicted octanol–water partition coefficient (Wildman–Crippen LogP) is 7.12. The van der Waals surface area contributed by atoms with Crippen molar-refractivity contribution in [3.63, 3.8) is 0 Å². The summed E-state index contributed by atoms with van der Waals surface area (Å²) in [5, 5.41) is 20.4. The number of nitrogens with zero attached hydrogens (tertiary/aromatic N) is 1. The summed E-state index contributed by atoms with van der Waals surface area (Å²) in [5.74, 6) is -2.00. The molecule has 5 aromatic rings. The summed E-state index contributed by atoms with van der Waals surface area (Å²) in [5.41, 5.74) is 3.19. The van der Waals surface area contributed by atoms with E-state index in [1.165, 1.54) is 30.3 Å². The van der Waals surface area contributed by atoms with Gasteiger partial charge in [-0.1, -0.05) is 56.3 Å². The lowest BCUT2D eigenvalue weighted by atomic mass is 9.84. The summed E-state index contributed by atoms with van der Waals surface area (Å²) in [6.45, 7) is 3.59. The minimum Gasteiger partial charge on any atom is -0.485 e. The lowest BCUT2D eigenvalue weighted by Crippen LogP contribution is -2.26. The van der Waals surface area contributed by atoms with Gasteiger partial charge in [-0.2, -0.15) is 0 Å². The Balaban J connectivity index is 1.87. The van der Waals surface area contributed by atoms with Crippen molar-refractivity contribution in [1.82, 2.24) is 4.57 Å². The Morgan fingerprint density at radius 1 is 0.897 bits per heavy atom. The molecule has 0 aliphatic carbocycles. The minimum absolute atomic E-state index is 0.0320. The molecule has 2 N–H and O–H groups in total. The van der Waals surface area contributed by atoms with E-state index in [1.807, 2.05) is 48.7 Å². The van der Waals surface area contributed by atoms with Gasteiger partial charge in [-0.25, -0.2) is 13.6 Å². The number of hydrogen-bond acceptors (Lipinski definition) is 3. The van der Waals surface area contributed by atoms with E-state index >= 15 is 4.39 Å². The highest BCUT2D eigenvalue weighted by Crippen LogP contribution is 2.47. The second-order valence-electron chi connectivity index (χ2n) is 10.0. The molecule has 5 nitrogen and oxygen atoms in total. The van der Waals surface area contributed by atoms with Crippen molar-refractivity contribution in [2.24, 2.45) is 0 Å². The highest BCUT2D eigenvalue weighted by atomic mass is 19.1. The first-order valence-corrected chi connectivity index (χ1v) is 12.5. The van der Waals surface area contributed by atoms with E-state index in [9.17, 15) is 19.4 Å². The van der Waals surface area contributed by atoms with E-state index in [4.69, 9.17) is 4.74 Å². The summed E-state index contributed by atoms with van der Waals surface area (Å²) in [7, 11) is 0. The van der Waals surface area contributed by atoms with E-state index in [0.29, 0.717) is 33.4 Å². The van der Waals surface area contributed by atoms with Crippen LogP contribution in [0.15, 0.2) is 91.0 Å². The second kappa shape index (κ2) is 10.3. The summed E-state index contributed by atoms with van der Waals surface area (Å²) in [4.78, 5) is 11.5. The van der Waals surface area contributed by atoms with Crippen molar-refractivity contribution in [3.05, 3.63) is 119 Å². The van der Waals surface area contributed by atoms with E-state index in [2.05, 4.69) is 0 Å². The number of halogens is 2. The van der Waals surface area contributed by atoms with Crippen LogP contribution in [0.4, 0.5) is 8.78 Å². The Labute approximate surface area is 224 Å². The average molecular weight is 528 g/mol. The molecule has 0 spiro atoms. The van der Waals surface area contributed by atoms with Gasteiger partial charge in [-0.15, -0.1) is 0 Å². The Morgan fingerprint density at radius 2 is 1.56 bits per heavy atom. The molecule has 0 radical (unpaired) electrons. The molecule has 0 saturated carbocycles. The third-order valence-electron chi connectivity index (χ3n) is 6.81. The number of aromatic carboxylic acids is 1. The van der Waals surface area contributed by atoms with E-state index in [1.54, 1.807) is 30.3 Å². The van der Waals surface area contributed by atoms with Gasteiger partial charge in [0.15, 0.2) is 11.6 Å². The van der Waals surface area contributed by atoms with E-state index in [0.717, 1.165) is 5.56 Å². The summed E-state index contributed by atoms with van der Waals surface area (Å²) in [6, 6.07) is 24.6. The van der Waals surface area contributed by atoms with Crippen molar-refractivity contribution >= 4 is 16.9 Å². The number of fused-ring (bicyclic) bond motifs is 1. The summed E-state index contributed by atoms with van der Waals surface area (Å²) in [6.07, 6.45) is 0. The highest BCUT2D eigenvalue weighted by Gasteiger charge is 2.33. The second-order valence-corrected chi connectivity index (χ2v) is 10.0. The van der Waals surface area contributed by atoms with Crippen molar-refractivity contribution in [2.45, 2.75) is 25.9 Å². The molecule has 0 unspecified atom stereocenters. The summed E-state index contributed by atoms with van der Waals surface area (Å²) >= 11 is 0. The number of aliphatic hydroxyl groups excluding tert-OH is 1. The molecule has 0 bridgehead atoms. The van der Waals surface area contributed by atoms with Crippen LogP contribution in [-0.4, -0.2) is 27.4 Å². The fraction of sp³-hybridized carbons (Fsp3) is 0.156. The number of hydrogen-bond donors (Lipinski definition) is 2. The molecule has 198 valence electrons. The lowest BCUT2D eigenvalue weighted by molar-refractivity contribution is 0.0697. The molecule has 0 aliphatic rings. The van der Waals surface area contributed by atoms with Crippen LogP contribution in [-0.2, 0) is 12.0 Å². The fourth-order valence-corrected chi connectivity index (χ4v) is 4.83. The van der Waals surface area contributed by atoms with E-state index in [-0.39, 0.29) is 24.5 Å². The maximum absolute atomic E-state index is 15.6. The van der Waals surface area contributed by atoms with Gasteiger partial charge in [0.25, 0.3) is 0 Å². The SMILES string of the molecule is CC(C)(CO)c1c(-c2ccc(C(=O)O)cc2)c2c(OCc3ccccc3)c(F)ccc2n1-c1ccc(F)cc1. The molecule has 0 saturated heterocycles. The first-order valence-electron chi connectivity index (χ1n) is 12.5. The van der Waals surface area contributed by atoms with Crippen LogP contribution in [0, 0.1) is 11.6 Å². The number of benzene rings is 4. The zero-order valence-electron chi connectivity index (χ0n) is 21.5. The van der Waals surface area contributed by atoms with Gasteiger partial charge in [-0.05, 0) is 59.7 Å². The van der Waals surface area contributed by atoms with Crippen LogP contribution in [0.3, 0.4) is 0 Å².